The van der Waals surface area contributed by atoms with E-state index in [0.717, 1.165) is 17.7 Å². The average Bonchev–Trinajstić information content (AvgIpc) is 2.17. The van der Waals surface area contributed by atoms with Crippen LogP contribution in [0.4, 0.5) is 0 Å². The predicted octanol–water partition coefficient (Wildman–Crippen LogP) is 3.60. The van der Waals surface area contributed by atoms with Crippen LogP contribution in [-0.4, -0.2) is 15.8 Å². The molecule has 0 unspecified atom stereocenters. The molecule has 0 saturated heterocycles. The molecular formula is C15H24N2O. The third-order valence-corrected chi connectivity index (χ3v) is 2.78. The van der Waals surface area contributed by atoms with Gasteiger partial charge in [-0.05, 0) is 24.3 Å². The minimum Gasteiger partial charge on any atom is -0.292 e. The zero-order valence-electron chi connectivity index (χ0n) is 12.6. The molecule has 0 radical (unpaired) electrons. The van der Waals surface area contributed by atoms with Gasteiger partial charge in [-0.1, -0.05) is 41.5 Å². The highest BCUT2D eigenvalue weighted by molar-refractivity contribution is 5.99. The van der Waals surface area contributed by atoms with Gasteiger partial charge in [0.15, 0.2) is 5.78 Å². The van der Waals surface area contributed by atoms with E-state index >= 15 is 0 Å². The molecular weight excluding hydrogens is 224 g/mol. The summed E-state index contributed by atoms with van der Waals surface area (Å²) in [5.41, 5.74) is 2.22. The number of carbonyl (C=O) groups excluding carboxylic acids is 1. The van der Waals surface area contributed by atoms with Crippen molar-refractivity contribution in [1.82, 2.24) is 9.97 Å². The van der Waals surface area contributed by atoms with E-state index in [4.69, 9.17) is 0 Å². The van der Waals surface area contributed by atoms with Crippen molar-refractivity contribution >= 4 is 5.78 Å². The summed E-state index contributed by atoms with van der Waals surface area (Å²) in [5.74, 6) is 0.0811. The summed E-state index contributed by atoms with van der Waals surface area (Å²) in [5, 5.41) is 0. The van der Waals surface area contributed by atoms with Gasteiger partial charge in [0.25, 0.3) is 0 Å². The molecule has 0 aliphatic heterocycles. The molecule has 0 amide bonds. The monoisotopic (exact) mass is 248 g/mol. The molecule has 1 aromatic rings. The lowest BCUT2D eigenvalue weighted by molar-refractivity contribution is 0.0851. The molecule has 1 rings (SSSR count). The third kappa shape index (κ3) is 3.62. The molecule has 0 aliphatic rings. The molecule has 3 heteroatoms. The van der Waals surface area contributed by atoms with E-state index in [-0.39, 0.29) is 11.2 Å². The SMILES string of the molecule is Cc1c(CC(C)(C)C)ncnc1C(=O)C(C)(C)C. The normalized spacial score (nSPS) is 12.6. The van der Waals surface area contributed by atoms with E-state index in [0.29, 0.717) is 5.69 Å². The molecule has 1 aromatic heterocycles. The van der Waals surface area contributed by atoms with Crippen molar-refractivity contribution in [3.05, 3.63) is 23.3 Å². The molecule has 18 heavy (non-hydrogen) atoms. The van der Waals surface area contributed by atoms with Gasteiger partial charge < -0.3 is 0 Å². The van der Waals surface area contributed by atoms with Crippen LogP contribution < -0.4 is 0 Å². The van der Waals surface area contributed by atoms with E-state index in [2.05, 4.69) is 30.7 Å². The van der Waals surface area contributed by atoms with Crippen molar-refractivity contribution in [2.24, 2.45) is 10.8 Å². The van der Waals surface area contributed by atoms with Crippen molar-refractivity contribution in [3.8, 4) is 0 Å². The van der Waals surface area contributed by atoms with Gasteiger partial charge in [0, 0.05) is 11.1 Å². The van der Waals surface area contributed by atoms with Crippen LogP contribution in [0.3, 0.4) is 0 Å². The number of carbonyl (C=O) groups is 1. The summed E-state index contributed by atoms with van der Waals surface area (Å²) in [4.78, 5) is 20.8. The standard InChI is InChI=1S/C15H24N2O/c1-10-11(8-14(2,3)4)16-9-17-12(10)13(18)15(5,6)7/h9H,8H2,1-7H3. The van der Waals surface area contributed by atoms with Gasteiger partial charge in [0.1, 0.15) is 12.0 Å². The fourth-order valence-corrected chi connectivity index (χ4v) is 1.75. The fourth-order valence-electron chi connectivity index (χ4n) is 1.75. The van der Waals surface area contributed by atoms with Gasteiger partial charge in [-0.25, -0.2) is 9.97 Å². The maximum Gasteiger partial charge on any atom is 0.186 e. The van der Waals surface area contributed by atoms with E-state index in [1.54, 1.807) is 0 Å². The Balaban J connectivity index is 3.18. The van der Waals surface area contributed by atoms with Crippen molar-refractivity contribution in [1.29, 1.82) is 0 Å². The summed E-state index contributed by atoms with van der Waals surface area (Å²) >= 11 is 0. The van der Waals surface area contributed by atoms with E-state index in [1.807, 2.05) is 27.7 Å². The average molecular weight is 248 g/mol. The lowest BCUT2D eigenvalue weighted by atomic mass is 9.85. The van der Waals surface area contributed by atoms with E-state index in [1.165, 1.54) is 6.33 Å². The number of hydrogen-bond donors (Lipinski definition) is 0. The molecule has 0 fully saturated rings. The molecule has 0 aliphatic carbocycles. The summed E-state index contributed by atoms with van der Waals surface area (Å²) in [6, 6.07) is 0. The van der Waals surface area contributed by atoms with Gasteiger partial charge in [-0.3, -0.25) is 4.79 Å². The summed E-state index contributed by atoms with van der Waals surface area (Å²) in [6.45, 7) is 14.2. The summed E-state index contributed by atoms with van der Waals surface area (Å²) in [6.07, 6.45) is 2.36. The van der Waals surface area contributed by atoms with Crippen LogP contribution >= 0.6 is 0 Å². The molecule has 3 nitrogen and oxygen atoms in total. The Morgan fingerprint density at radius 3 is 2.11 bits per heavy atom. The third-order valence-electron chi connectivity index (χ3n) is 2.78. The number of ketones is 1. The van der Waals surface area contributed by atoms with Crippen molar-refractivity contribution in [2.75, 3.05) is 0 Å². The Labute approximate surface area is 110 Å². The minimum atomic E-state index is -0.405. The number of aromatic nitrogens is 2. The molecule has 0 N–H and O–H groups in total. The van der Waals surface area contributed by atoms with Crippen molar-refractivity contribution in [3.63, 3.8) is 0 Å². The molecule has 0 aromatic carbocycles. The number of rotatable bonds is 2. The van der Waals surface area contributed by atoms with Crippen LogP contribution in [0.15, 0.2) is 6.33 Å². The first-order valence-corrected chi connectivity index (χ1v) is 6.37. The predicted molar refractivity (Wildman–Crippen MR) is 73.7 cm³/mol. The van der Waals surface area contributed by atoms with Crippen LogP contribution in [0, 0.1) is 17.8 Å². The van der Waals surface area contributed by atoms with Crippen LogP contribution in [0.25, 0.3) is 0 Å². The topological polar surface area (TPSA) is 42.9 Å². The van der Waals surface area contributed by atoms with Crippen LogP contribution in [0.1, 0.15) is 63.3 Å². The Morgan fingerprint density at radius 1 is 1.11 bits per heavy atom. The molecule has 100 valence electrons. The van der Waals surface area contributed by atoms with Crippen molar-refractivity contribution < 1.29 is 4.79 Å². The lowest BCUT2D eigenvalue weighted by Crippen LogP contribution is -2.24. The summed E-state index contributed by atoms with van der Waals surface area (Å²) < 4.78 is 0. The first-order chi connectivity index (χ1) is 8.02. The van der Waals surface area contributed by atoms with Crippen LogP contribution in [0.2, 0.25) is 0 Å². The highest BCUT2D eigenvalue weighted by atomic mass is 16.1. The Hall–Kier alpha value is -1.25. The van der Waals surface area contributed by atoms with Gasteiger partial charge in [-0.15, -0.1) is 0 Å². The Morgan fingerprint density at radius 2 is 1.67 bits per heavy atom. The molecule has 0 bridgehead atoms. The van der Waals surface area contributed by atoms with Crippen LogP contribution in [0.5, 0.6) is 0 Å². The fraction of sp³-hybridized carbons (Fsp3) is 0.667. The van der Waals surface area contributed by atoms with E-state index in [9.17, 15) is 4.79 Å². The second kappa shape index (κ2) is 4.79. The maximum atomic E-state index is 12.3. The highest BCUT2D eigenvalue weighted by Crippen LogP contribution is 2.25. The molecule has 1 heterocycles. The minimum absolute atomic E-state index is 0.0811. The second-order valence-corrected chi connectivity index (χ2v) is 7.11. The first kappa shape index (κ1) is 14.8. The smallest absolute Gasteiger partial charge is 0.186 e. The number of hydrogen-bond acceptors (Lipinski definition) is 3. The Bertz CT molecular complexity index is 451. The molecule has 0 atom stereocenters. The van der Waals surface area contributed by atoms with Crippen molar-refractivity contribution in [2.45, 2.75) is 54.9 Å². The van der Waals surface area contributed by atoms with Gasteiger partial charge in [0.05, 0.1) is 0 Å². The van der Waals surface area contributed by atoms with Gasteiger partial charge in [-0.2, -0.15) is 0 Å². The van der Waals surface area contributed by atoms with Gasteiger partial charge in [0.2, 0.25) is 0 Å². The second-order valence-electron chi connectivity index (χ2n) is 7.11. The van der Waals surface area contributed by atoms with Crippen LogP contribution in [-0.2, 0) is 6.42 Å². The van der Waals surface area contributed by atoms with Gasteiger partial charge >= 0.3 is 0 Å². The Kier molecular flexibility index (Phi) is 3.94. The first-order valence-electron chi connectivity index (χ1n) is 6.37. The summed E-state index contributed by atoms with van der Waals surface area (Å²) in [7, 11) is 0. The lowest BCUT2D eigenvalue weighted by Gasteiger charge is -2.21. The number of nitrogens with zero attached hydrogens (tertiary/aromatic N) is 2. The zero-order chi connectivity index (χ0) is 14.1. The van der Waals surface area contributed by atoms with E-state index < -0.39 is 5.41 Å². The highest BCUT2D eigenvalue weighted by Gasteiger charge is 2.27. The zero-order valence-corrected chi connectivity index (χ0v) is 12.6. The quantitative estimate of drug-likeness (QED) is 0.751. The maximum absolute atomic E-state index is 12.3. The molecule has 0 spiro atoms. The largest absolute Gasteiger partial charge is 0.292 e. The molecule has 0 saturated carbocycles. The number of Topliss-reactive ketones (excluding diaryl/α,β-unsaturated/α-hetero) is 1.